The topological polar surface area (TPSA) is 122 Å². The molecule has 1 aliphatic carbocycles. The molecule has 0 unspecified atom stereocenters. The van der Waals surface area contributed by atoms with Crippen molar-refractivity contribution < 1.29 is 14.5 Å². The van der Waals surface area contributed by atoms with Crippen molar-refractivity contribution >= 4 is 23.1 Å². The van der Waals surface area contributed by atoms with E-state index in [-0.39, 0.29) is 18.1 Å². The first-order valence-electron chi connectivity index (χ1n) is 10.4. The molecule has 1 heterocycles. The van der Waals surface area contributed by atoms with Gasteiger partial charge in [0.05, 0.1) is 27.5 Å². The molecule has 33 heavy (non-hydrogen) atoms. The molecule has 2 aliphatic rings. The summed E-state index contributed by atoms with van der Waals surface area (Å²) in [6.45, 7) is 0.176. The van der Waals surface area contributed by atoms with Gasteiger partial charge in [-0.25, -0.2) is 0 Å². The zero-order valence-corrected chi connectivity index (χ0v) is 18.6. The number of nitriles is 1. The summed E-state index contributed by atoms with van der Waals surface area (Å²) in [6.07, 6.45) is 1.91. The van der Waals surface area contributed by atoms with Gasteiger partial charge in [0.25, 0.3) is 5.69 Å². The number of rotatable bonds is 5. The van der Waals surface area contributed by atoms with E-state index in [4.69, 9.17) is 22.1 Å². The lowest BCUT2D eigenvalue weighted by Crippen LogP contribution is -2.36. The lowest BCUT2D eigenvalue weighted by Gasteiger charge is -2.37. The number of nitrogens with two attached hydrogens (primary N) is 1. The van der Waals surface area contributed by atoms with E-state index in [9.17, 15) is 20.2 Å². The summed E-state index contributed by atoms with van der Waals surface area (Å²) in [7, 11) is 1.78. The minimum atomic E-state index is -0.574. The van der Waals surface area contributed by atoms with Crippen LogP contribution < -0.4 is 10.5 Å². The molecule has 2 aromatic carbocycles. The zero-order chi connectivity index (χ0) is 23.7. The summed E-state index contributed by atoms with van der Waals surface area (Å²) < 4.78 is 5.79. The quantitative estimate of drug-likeness (QED) is 0.508. The van der Waals surface area contributed by atoms with E-state index in [1.807, 2.05) is 0 Å². The van der Waals surface area contributed by atoms with Crippen LogP contribution in [0.15, 0.2) is 65.1 Å². The minimum absolute atomic E-state index is 0.00539. The lowest BCUT2D eigenvalue weighted by molar-refractivity contribution is -0.384. The summed E-state index contributed by atoms with van der Waals surface area (Å²) >= 11 is 6.49. The Morgan fingerprint density at radius 1 is 1.27 bits per heavy atom. The highest BCUT2D eigenvalue weighted by Crippen LogP contribution is 2.45. The van der Waals surface area contributed by atoms with Crippen LogP contribution in [0.3, 0.4) is 0 Å². The number of hydrogen-bond acceptors (Lipinski definition) is 7. The highest BCUT2D eigenvalue weighted by Gasteiger charge is 2.38. The predicted octanol–water partition coefficient (Wildman–Crippen LogP) is 4.56. The van der Waals surface area contributed by atoms with Gasteiger partial charge in [-0.2, -0.15) is 5.26 Å². The van der Waals surface area contributed by atoms with Crippen molar-refractivity contribution in [3.63, 3.8) is 0 Å². The zero-order valence-electron chi connectivity index (χ0n) is 17.9. The second kappa shape index (κ2) is 8.96. The molecule has 168 valence electrons. The third kappa shape index (κ3) is 4.15. The highest BCUT2D eigenvalue weighted by molar-refractivity contribution is 6.32. The number of carbonyl (C=O) groups excluding carboxylic acids is 1. The number of non-ortho nitro benzene ring substituents is 1. The first-order chi connectivity index (χ1) is 15.8. The smallest absolute Gasteiger partial charge is 0.269 e. The van der Waals surface area contributed by atoms with Crippen molar-refractivity contribution in [1.29, 1.82) is 5.26 Å². The van der Waals surface area contributed by atoms with Gasteiger partial charge in [0.2, 0.25) is 0 Å². The highest BCUT2D eigenvalue weighted by atomic mass is 35.5. The summed E-state index contributed by atoms with van der Waals surface area (Å²) in [6, 6.07) is 13.4. The number of nitro benzene ring substituents is 1. The fourth-order valence-electron chi connectivity index (χ4n) is 4.28. The monoisotopic (exact) mass is 464 g/mol. The fraction of sp³-hybridized carbons (Fsp3) is 0.250. The van der Waals surface area contributed by atoms with E-state index in [2.05, 4.69) is 6.07 Å². The molecule has 9 heteroatoms. The van der Waals surface area contributed by atoms with Gasteiger partial charge in [0, 0.05) is 36.9 Å². The second-order valence-corrected chi connectivity index (χ2v) is 8.35. The number of ketones is 1. The maximum absolute atomic E-state index is 12.8. The Hall–Kier alpha value is -3.83. The summed E-state index contributed by atoms with van der Waals surface area (Å²) in [5.74, 6) is 0.204. The molecule has 0 saturated heterocycles. The number of ether oxygens (including phenoxy) is 1. The van der Waals surface area contributed by atoms with Crippen LogP contribution in [0, 0.1) is 21.4 Å². The Labute approximate surface area is 195 Å². The SMILES string of the molecule is CN1C(N)=C(C#N)[C@@H](c2ccc(OCc3ccc([N+](=O)[O-])cc3)c(Cl)c2)C2=C1CCCC2=O. The molecule has 0 spiro atoms. The van der Waals surface area contributed by atoms with E-state index in [1.165, 1.54) is 12.1 Å². The van der Waals surface area contributed by atoms with Crippen molar-refractivity contribution in [3.05, 3.63) is 91.4 Å². The van der Waals surface area contributed by atoms with Crippen molar-refractivity contribution in [1.82, 2.24) is 4.90 Å². The van der Waals surface area contributed by atoms with Crippen molar-refractivity contribution in [3.8, 4) is 11.8 Å². The van der Waals surface area contributed by atoms with Gasteiger partial charge in [0.15, 0.2) is 5.78 Å². The molecule has 0 bridgehead atoms. The third-order valence-corrected chi connectivity index (χ3v) is 6.29. The molecular formula is C24H21ClN4O4. The van der Waals surface area contributed by atoms with E-state index >= 15 is 0 Å². The van der Waals surface area contributed by atoms with E-state index in [1.54, 1.807) is 42.3 Å². The third-order valence-electron chi connectivity index (χ3n) is 6.00. The Balaban J connectivity index is 1.62. The predicted molar refractivity (Wildman–Crippen MR) is 122 cm³/mol. The van der Waals surface area contributed by atoms with Crippen molar-refractivity contribution in [2.45, 2.75) is 31.8 Å². The average Bonchev–Trinajstić information content (AvgIpc) is 2.81. The van der Waals surface area contributed by atoms with Crippen LogP contribution in [0.4, 0.5) is 5.69 Å². The van der Waals surface area contributed by atoms with Gasteiger partial charge < -0.3 is 15.4 Å². The normalized spacial score (nSPS) is 18.2. The summed E-state index contributed by atoms with van der Waals surface area (Å²) in [5.41, 5.74) is 9.48. The molecule has 2 N–H and O–H groups in total. The van der Waals surface area contributed by atoms with Gasteiger partial charge in [-0.3, -0.25) is 14.9 Å². The van der Waals surface area contributed by atoms with Gasteiger partial charge in [-0.15, -0.1) is 0 Å². The number of carbonyl (C=O) groups is 1. The largest absolute Gasteiger partial charge is 0.487 e. The number of benzene rings is 2. The molecule has 0 aromatic heterocycles. The molecule has 2 aromatic rings. The first-order valence-corrected chi connectivity index (χ1v) is 10.7. The van der Waals surface area contributed by atoms with Crippen LogP contribution in [-0.4, -0.2) is 22.7 Å². The van der Waals surface area contributed by atoms with E-state index in [0.717, 1.165) is 24.1 Å². The minimum Gasteiger partial charge on any atom is -0.487 e. The standard InChI is InChI=1S/C24H21ClN4O4/c1-28-19-3-2-4-20(30)23(19)22(17(12-26)24(28)27)15-7-10-21(18(25)11-15)33-13-14-5-8-16(9-6-14)29(31)32/h5-11,22H,2-4,13,27H2,1H3/t22-/m1/s1. The number of Topliss-reactive ketones (excluding diaryl/α,β-unsaturated/α-hetero) is 1. The van der Waals surface area contributed by atoms with Crippen LogP contribution >= 0.6 is 11.6 Å². The first kappa shape index (κ1) is 22.4. The van der Waals surface area contributed by atoms with Crippen molar-refractivity contribution in [2.24, 2.45) is 5.73 Å². The van der Waals surface area contributed by atoms with Gasteiger partial charge in [-0.1, -0.05) is 17.7 Å². The number of nitrogens with zero attached hydrogens (tertiary/aromatic N) is 3. The Kier molecular flexibility index (Phi) is 6.07. The average molecular weight is 465 g/mol. The number of allylic oxidation sites excluding steroid dienone is 3. The maximum atomic E-state index is 12.8. The number of halogens is 1. The summed E-state index contributed by atoms with van der Waals surface area (Å²) in [4.78, 5) is 24.9. The van der Waals surface area contributed by atoms with Crippen LogP contribution in [-0.2, 0) is 11.4 Å². The summed E-state index contributed by atoms with van der Waals surface area (Å²) in [5, 5.41) is 20.9. The Morgan fingerprint density at radius 3 is 2.64 bits per heavy atom. The lowest BCUT2D eigenvalue weighted by atomic mass is 9.76. The Morgan fingerprint density at radius 2 is 2.00 bits per heavy atom. The molecule has 8 nitrogen and oxygen atoms in total. The fourth-order valence-corrected chi connectivity index (χ4v) is 4.53. The molecule has 0 radical (unpaired) electrons. The van der Waals surface area contributed by atoms with Crippen LogP contribution in [0.25, 0.3) is 0 Å². The molecule has 0 saturated carbocycles. The maximum Gasteiger partial charge on any atom is 0.269 e. The second-order valence-electron chi connectivity index (χ2n) is 7.94. The van der Waals surface area contributed by atoms with Crippen LogP contribution in [0.1, 0.15) is 36.3 Å². The Bertz CT molecular complexity index is 1240. The number of hydrogen-bond donors (Lipinski definition) is 1. The van der Waals surface area contributed by atoms with E-state index < -0.39 is 10.8 Å². The van der Waals surface area contributed by atoms with Gasteiger partial charge in [-0.05, 0) is 48.2 Å². The molecular weight excluding hydrogens is 444 g/mol. The van der Waals surface area contributed by atoms with Gasteiger partial charge in [0.1, 0.15) is 18.2 Å². The van der Waals surface area contributed by atoms with Gasteiger partial charge >= 0.3 is 0 Å². The van der Waals surface area contributed by atoms with Crippen molar-refractivity contribution in [2.75, 3.05) is 7.05 Å². The molecule has 4 rings (SSSR count). The molecule has 0 fully saturated rings. The number of nitro groups is 1. The van der Waals surface area contributed by atoms with E-state index in [0.29, 0.717) is 39.7 Å². The molecule has 1 atom stereocenters. The van der Waals surface area contributed by atoms with Crippen LogP contribution in [0.5, 0.6) is 5.75 Å². The van der Waals surface area contributed by atoms with Crippen LogP contribution in [0.2, 0.25) is 5.02 Å². The molecule has 0 amide bonds. The molecule has 1 aliphatic heterocycles.